The molecule has 2 aliphatic carbocycles. The van der Waals surface area contributed by atoms with Crippen LogP contribution in [0.3, 0.4) is 0 Å². The Labute approximate surface area is 105 Å². The molecule has 0 saturated heterocycles. The lowest BCUT2D eigenvalue weighted by Crippen LogP contribution is -2.41. The molecule has 2 rings (SSSR count). The first-order chi connectivity index (χ1) is 8.21. The first-order valence-electron chi connectivity index (χ1n) is 7.20. The van der Waals surface area contributed by atoms with E-state index in [9.17, 15) is 4.79 Å². The van der Waals surface area contributed by atoms with Gasteiger partial charge in [-0.05, 0) is 44.6 Å². The van der Waals surface area contributed by atoms with Crippen LogP contribution in [-0.2, 0) is 4.79 Å². The molecule has 0 unspecified atom stereocenters. The molecular weight excluding hydrogens is 212 g/mol. The minimum Gasteiger partial charge on any atom is -0.340 e. The second-order valence-corrected chi connectivity index (χ2v) is 5.85. The molecule has 0 spiro atoms. The molecule has 2 fully saturated rings. The summed E-state index contributed by atoms with van der Waals surface area (Å²) in [5.74, 6) is 0.349. The Bertz CT molecular complexity index is 267. The molecule has 2 saturated carbocycles. The van der Waals surface area contributed by atoms with E-state index in [4.69, 9.17) is 5.73 Å². The Kier molecular flexibility index (Phi) is 4.08. The van der Waals surface area contributed by atoms with E-state index in [0.717, 1.165) is 19.4 Å². The molecule has 0 aromatic carbocycles. The monoisotopic (exact) mass is 238 g/mol. The number of hydrogen-bond donors (Lipinski definition) is 1. The molecule has 0 aliphatic heterocycles. The van der Waals surface area contributed by atoms with E-state index in [1.54, 1.807) is 0 Å². The van der Waals surface area contributed by atoms with Crippen molar-refractivity contribution in [2.75, 3.05) is 13.1 Å². The van der Waals surface area contributed by atoms with Crippen molar-refractivity contribution >= 4 is 5.91 Å². The molecule has 1 amide bonds. The van der Waals surface area contributed by atoms with Crippen LogP contribution in [0.4, 0.5) is 0 Å². The summed E-state index contributed by atoms with van der Waals surface area (Å²) in [5, 5.41) is 0. The molecule has 17 heavy (non-hydrogen) atoms. The Morgan fingerprint density at radius 1 is 1.29 bits per heavy atom. The molecule has 0 aromatic rings. The number of hydrogen-bond acceptors (Lipinski definition) is 2. The van der Waals surface area contributed by atoms with Gasteiger partial charge in [0, 0.05) is 19.0 Å². The van der Waals surface area contributed by atoms with E-state index < -0.39 is 0 Å². The molecule has 98 valence electrons. The van der Waals surface area contributed by atoms with E-state index in [1.165, 1.54) is 32.1 Å². The van der Waals surface area contributed by atoms with Crippen molar-refractivity contribution in [3.63, 3.8) is 0 Å². The average Bonchev–Trinajstić information content (AvgIpc) is 3.16. The van der Waals surface area contributed by atoms with Gasteiger partial charge in [-0.3, -0.25) is 4.79 Å². The van der Waals surface area contributed by atoms with Gasteiger partial charge in [-0.15, -0.1) is 0 Å². The zero-order valence-corrected chi connectivity index (χ0v) is 11.1. The van der Waals surface area contributed by atoms with E-state index in [-0.39, 0.29) is 5.41 Å². The maximum atomic E-state index is 12.4. The number of carbonyl (C=O) groups is 1. The fourth-order valence-electron chi connectivity index (χ4n) is 3.20. The summed E-state index contributed by atoms with van der Waals surface area (Å²) >= 11 is 0. The summed E-state index contributed by atoms with van der Waals surface area (Å²) in [6.07, 6.45) is 9.21. The molecule has 0 aromatic heterocycles. The van der Waals surface area contributed by atoms with Crippen LogP contribution < -0.4 is 5.73 Å². The molecule has 3 nitrogen and oxygen atoms in total. The van der Waals surface area contributed by atoms with Crippen molar-refractivity contribution in [1.82, 2.24) is 4.90 Å². The van der Waals surface area contributed by atoms with Crippen molar-refractivity contribution in [2.24, 2.45) is 11.1 Å². The third kappa shape index (κ3) is 3.01. The third-order valence-electron chi connectivity index (χ3n) is 4.52. The normalized spacial score (nSPS) is 23.4. The molecule has 0 bridgehead atoms. The van der Waals surface area contributed by atoms with E-state index in [0.29, 0.717) is 24.9 Å². The summed E-state index contributed by atoms with van der Waals surface area (Å²) in [7, 11) is 0. The van der Waals surface area contributed by atoms with E-state index in [2.05, 4.69) is 11.8 Å². The van der Waals surface area contributed by atoms with Gasteiger partial charge < -0.3 is 10.6 Å². The lowest BCUT2D eigenvalue weighted by molar-refractivity contribution is -0.134. The van der Waals surface area contributed by atoms with Crippen LogP contribution in [-0.4, -0.2) is 29.9 Å². The minimum absolute atomic E-state index is 0.123. The average molecular weight is 238 g/mol. The quantitative estimate of drug-likeness (QED) is 0.799. The van der Waals surface area contributed by atoms with Crippen LogP contribution in [0, 0.1) is 5.41 Å². The topological polar surface area (TPSA) is 46.3 Å². The maximum absolute atomic E-state index is 12.4. The molecule has 3 heteroatoms. The number of carbonyl (C=O) groups excluding carboxylic acids is 1. The van der Waals surface area contributed by atoms with Gasteiger partial charge in [-0.1, -0.05) is 19.3 Å². The first kappa shape index (κ1) is 12.9. The Hall–Kier alpha value is -0.570. The van der Waals surface area contributed by atoms with Gasteiger partial charge in [0.05, 0.1) is 0 Å². The largest absolute Gasteiger partial charge is 0.340 e. The van der Waals surface area contributed by atoms with Crippen molar-refractivity contribution in [3.05, 3.63) is 0 Å². The van der Waals surface area contributed by atoms with Crippen molar-refractivity contribution in [1.29, 1.82) is 0 Å². The van der Waals surface area contributed by atoms with Gasteiger partial charge in [0.15, 0.2) is 0 Å². The fourth-order valence-corrected chi connectivity index (χ4v) is 3.20. The molecule has 2 N–H and O–H groups in total. The summed E-state index contributed by atoms with van der Waals surface area (Å²) in [6.45, 7) is 3.64. The third-order valence-corrected chi connectivity index (χ3v) is 4.52. The fraction of sp³-hybridized carbons (Fsp3) is 0.929. The highest BCUT2D eigenvalue weighted by atomic mass is 16.2. The smallest absolute Gasteiger partial charge is 0.223 e. The molecule has 0 atom stereocenters. The van der Waals surface area contributed by atoms with Crippen LogP contribution >= 0.6 is 0 Å². The highest BCUT2D eigenvalue weighted by Gasteiger charge is 2.37. The lowest BCUT2D eigenvalue weighted by Gasteiger charge is -2.37. The Balaban J connectivity index is 1.94. The zero-order chi connectivity index (χ0) is 12.3. The standard InChI is InChI=1S/C14H26N2O/c1-2-16(12-6-7-12)13(17)10-14(11-15)8-4-3-5-9-14/h12H,2-11,15H2,1H3. The van der Waals surface area contributed by atoms with Crippen molar-refractivity contribution in [2.45, 2.75) is 64.3 Å². The SMILES string of the molecule is CCN(C(=O)CC1(CN)CCCCC1)C1CC1. The minimum atomic E-state index is 0.123. The van der Waals surface area contributed by atoms with Gasteiger partial charge in [-0.25, -0.2) is 0 Å². The van der Waals surface area contributed by atoms with Gasteiger partial charge in [0.1, 0.15) is 0 Å². The van der Waals surface area contributed by atoms with Crippen LogP contribution in [0.25, 0.3) is 0 Å². The summed E-state index contributed by atoms with van der Waals surface area (Å²) in [4.78, 5) is 14.4. The van der Waals surface area contributed by atoms with Gasteiger partial charge in [0.2, 0.25) is 5.91 Å². The van der Waals surface area contributed by atoms with E-state index in [1.807, 2.05) is 0 Å². The Morgan fingerprint density at radius 3 is 2.41 bits per heavy atom. The molecule has 0 heterocycles. The van der Waals surface area contributed by atoms with Crippen LogP contribution in [0.5, 0.6) is 0 Å². The second kappa shape index (κ2) is 5.38. The van der Waals surface area contributed by atoms with Crippen molar-refractivity contribution < 1.29 is 4.79 Å². The lowest BCUT2D eigenvalue weighted by atomic mass is 9.71. The summed E-state index contributed by atoms with van der Waals surface area (Å²) in [6, 6.07) is 0.547. The van der Waals surface area contributed by atoms with E-state index >= 15 is 0 Å². The number of nitrogens with zero attached hydrogens (tertiary/aromatic N) is 1. The Morgan fingerprint density at radius 2 is 1.94 bits per heavy atom. The molecular formula is C14H26N2O. The summed E-state index contributed by atoms with van der Waals surface area (Å²) in [5.41, 5.74) is 6.07. The van der Waals surface area contributed by atoms with Gasteiger partial charge in [0.25, 0.3) is 0 Å². The summed E-state index contributed by atoms with van der Waals surface area (Å²) < 4.78 is 0. The van der Waals surface area contributed by atoms with Gasteiger partial charge in [-0.2, -0.15) is 0 Å². The number of rotatable bonds is 5. The van der Waals surface area contributed by atoms with Crippen LogP contribution in [0.1, 0.15) is 58.3 Å². The molecule has 2 aliphatic rings. The van der Waals surface area contributed by atoms with Gasteiger partial charge >= 0.3 is 0 Å². The van der Waals surface area contributed by atoms with Crippen molar-refractivity contribution in [3.8, 4) is 0 Å². The molecule has 0 radical (unpaired) electrons. The predicted molar refractivity (Wildman–Crippen MR) is 69.6 cm³/mol. The second-order valence-electron chi connectivity index (χ2n) is 5.85. The predicted octanol–water partition coefficient (Wildman–Crippen LogP) is 2.30. The van der Waals surface area contributed by atoms with Crippen LogP contribution in [0.2, 0.25) is 0 Å². The first-order valence-corrected chi connectivity index (χ1v) is 7.20. The highest BCUT2D eigenvalue weighted by Crippen LogP contribution is 2.39. The van der Waals surface area contributed by atoms with Crippen LogP contribution in [0.15, 0.2) is 0 Å². The number of amides is 1. The highest BCUT2D eigenvalue weighted by molar-refractivity contribution is 5.77. The zero-order valence-electron chi connectivity index (χ0n) is 11.1. The number of nitrogens with two attached hydrogens (primary N) is 1. The maximum Gasteiger partial charge on any atom is 0.223 e.